The molecule has 6 heteroatoms. The van der Waals surface area contributed by atoms with Gasteiger partial charge in [0.1, 0.15) is 12.2 Å². The molecule has 1 rings (SSSR count). The summed E-state index contributed by atoms with van der Waals surface area (Å²) in [4.78, 5) is 6.57. The lowest BCUT2D eigenvalue weighted by atomic mass is 10.5. The fourth-order valence-corrected chi connectivity index (χ4v) is 1.25. The van der Waals surface area contributed by atoms with Gasteiger partial charge in [-0.05, 0) is 7.05 Å². The van der Waals surface area contributed by atoms with Gasteiger partial charge < -0.3 is 5.73 Å². The molecule has 0 atom stereocenters. The molecule has 0 aliphatic rings. The van der Waals surface area contributed by atoms with Crippen molar-refractivity contribution in [2.75, 3.05) is 13.6 Å². The first-order valence-corrected chi connectivity index (χ1v) is 4.30. The van der Waals surface area contributed by atoms with Crippen LogP contribution in [0.5, 0.6) is 0 Å². The molecule has 2 N–H and O–H groups in total. The maximum atomic E-state index is 5.41. The number of aryl methyl sites for hydroxylation is 1. The van der Waals surface area contributed by atoms with Crippen LogP contribution in [0, 0.1) is 0 Å². The van der Waals surface area contributed by atoms with Gasteiger partial charge in [-0.15, -0.1) is 0 Å². The molecule has 5 nitrogen and oxygen atoms in total. The summed E-state index contributed by atoms with van der Waals surface area (Å²) >= 11 is 4.79. The van der Waals surface area contributed by atoms with Gasteiger partial charge in [0.05, 0.1) is 11.5 Å². The van der Waals surface area contributed by atoms with Crippen LogP contribution < -0.4 is 5.73 Å². The van der Waals surface area contributed by atoms with Crippen molar-refractivity contribution < 1.29 is 0 Å². The summed E-state index contributed by atoms with van der Waals surface area (Å²) in [6.45, 7) is 1.30. The van der Waals surface area contributed by atoms with Crippen molar-refractivity contribution in [1.82, 2.24) is 19.7 Å². The lowest BCUT2D eigenvalue weighted by molar-refractivity contribution is 0.356. The molecule has 0 saturated heterocycles. The van der Waals surface area contributed by atoms with Crippen molar-refractivity contribution in [3.8, 4) is 0 Å². The molecule has 13 heavy (non-hydrogen) atoms. The van der Waals surface area contributed by atoms with Gasteiger partial charge in [-0.25, -0.2) is 4.98 Å². The van der Waals surface area contributed by atoms with Crippen molar-refractivity contribution in [2.45, 2.75) is 6.54 Å². The molecule has 0 radical (unpaired) electrons. The van der Waals surface area contributed by atoms with Crippen LogP contribution in [0.3, 0.4) is 0 Å². The molecular formula is C7H13N5S. The van der Waals surface area contributed by atoms with Gasteiger partial charge >= 0.3 is 0 Å². The minimum atomic E-state index is 0.490. The van der Waals surface area contributed by atoms with Crippen LogP contribution in [0.2, 0.25) is 0 Å². The Bertz CT molecular complexity index is 295. The van der Waals surface area contributed by atoms with Crippen LogP contribution >= 0.6 is 12.2 Å². The van der Waals surface area contributed by atoms with Crippen molar-refractivity contribution in [2.24, 2.45) is 12.8 Å². The molecule has 1 aromatic heterocycles. The molecular weight excluding hydrogens is 186 g/mol. The second-order valence-electron chi connectivity index (χ2n) is 2.94. The third-order valence-electron chi connectivity index (χ3n) is 1.64. The molecule has 0 aliphatic carbocycles. The Hall–Kier alpha value is -1.01. The highest BCUT2D eigenvalue weighted by Crippen LogP contribution is 1.96. The van der Waals surface area contributed by atoms with Crippen molar-refractivity contribution in [3.63, 3.8) is 0 Å². The quantitative estimate of drug-likeness (QED) is 0.664. The minimum absolute atomic E-state index is 0.490. The topological polar surface area (TPSA) is 60.0 Å². The van der Waals surface area contributed by atoms with Crippen molar-refractivity contribution in [1.29, 1.82) is 0 Å². The summed E-state index contributed by atoms with van der Waals surface area (Å²) in [6.07, 6.45) is 1.53. The van der Waals surface area contributed by atoms with E-state index in [0.29, 0.717) is 18.1 Å². The van der Waals surface area contributed by atoms with E-state index in [1.54, 1.807) is 4.68 Å². The summed E-state index contributed by atoms with van der Waals surface area (Å²) < 4.78 is 1.73. The molecule has 0 saturated carbocycles. The number of nitrogens with zero attached hydrogens (tertiary/aromatic N) is 4. The van der Waals surface area contributed by atoms with E-state index in [1.807, 2.05) is 19.0 Å². The van der Waals surface area contributed by atoms with E-state index in [9.17, 15) is 0 Å². The maximum Gasteiger partial charge on any atom is 0.140 e. The van der Waals surface area contributed by atoms with E-state index in [2.05, 4.69) is 10.1 Å². The van der Waals surface area contributed by atoms with Crippen LogP contribution in [0.15, 0.2) is 6.33 Å². The Morgan fingerprint density at radius 2 is 2.46 bits per heavy atom. The van der Waals surface area contributed by atoms with Gasteiger partial charge in [0, 0.05) is 13.6 Å². The Morgan fingerprint density at radius 3 is 2.92 bits per heavy atom. The second-order valence-corrected chi connectivity index (χ2v) is 3.46. The van der Waals surface area contributed by atoms with Gasteiger partial charge in [0.25, 0.3) is 0 Å². The molecule has 0 spiro atoms. The van der Waals surface area contributed by atoms with E-state index in [-0.39, 0.29) is 0 Å². The van der Waals surface area contributed by atoms with Crippen molar-refractivity contribution >= 4 is 17.2 Å². The van der Waals surface area contributed by atoms with E-state index in [1.165, 1.54) is 6.33 Å². The highest BCUT2D eigenvalue weighted by Gasteiger charge is 2.05. The monoisotopic (exact) mass is 199 g/mol. The highest BCUT2D eigenvalue weighted by molar-refractivity contribution is 7.80. The zero-order valence-electron chi connectivity index (χ0n) is 7.77. The number of rotatable bonds is 4. The molecule has 0 bridgehead atoms. The van der Waals surface area contributed by atoms with Gasteiger partial charge in [-0.2, -0.15) is 5.10 Å². The van der Waals surface area contributed by atoms with Crippen LogP contribution in [0.25, 0.3) is 0 Å². The summed E-state index contributed by atoms with van der Waals surface area (Å²) in [5.74, 6) is 0.902. The van der Waals surface area contributed by atoms with E-state index in [0.717, 1.165) is 5.82 Å². The number of hydrogen-bond acceptors (Lipinski definition) is 4. The average molecular weight is 199 g/mol. The Labute approximate surface area is 82.5 Å². The average Bonchev–Trinajstić information content (AvgIpc) is 2.34. The normalized spacial score (nSPS) is 10.7. The Balaban J connectivity index is 2.49. The maximum absolute atomic E-state index is 5.41. The Morgan fingerprint density at radius 1 is 1.77 bits per heavy atom. The molecule has 0 amide bonds. The first-order valence-electron chi connectivity index (χ1n) is 3.89. The number of likely N-dealkylation sites (N-methyl/N-ethyl adjacent to an activating group) is 1. The predicted molar refractivity (Wildman–Crippen MR) is 54.1 cm³/mol. The largest absolute Gasteiger partial charge is 0.392 e. The van der Waals surface area contributed by atoms with Crippen LogP contribution in [-0.2, 0) is 13.6 Å². The molecule has 1 aromatic rings. The summed E-state index contributed by atoms with van der Waals surface area (Å²) in [5, 5.41) is 3.96. The number of nitrogens with two attached hydrogens (primary N) is 1. The Kier molecular flexibility index (Phi) is 3.32. The summed E-state index contributed by atoms with van der Waals surface area (Å²) in [5.41, 5.74) is 5.41. The van der Waals surface area contributed by atoms with Gasteiger partial charge in [-0.3, -0.25) is 9.58 Å². The van der Waals surface area contributed by atoms with Crippen molar-refractivity contribution in [3.05, 3.63) is 12.2 Å². The van der Waals surface area contributed by atoms with Gasteiger partial charge in [0.2, 0.25) is 0 Å². The summed E-state index contributed by atoms with van der Waals surface area (Å²) in [7, 11) is 3.80. The summed E-state index contributed by atoms with van der Waals surface area (Å²) in [6, 6.07) is 0. The number of hydrogen-bond donors (Lipinski definition) is 1. The third kappa shape index (κ3) is 3.08. The van der Waals surface area contributed by atoms with Crippen LogP contribution in [0.4, 0.5) is 0 Å². The first kappa shape index (κ1) is 10.1. The molecule has 1 heterocycles. The number of thiocarbonyl (C=S) groups is 1. The fourth-order valence-electron chi connectivity index (χ4n) is 1.03. The zero-order chi connectivity index (χ0) is 9.84. The molecule has 0 unspecified atom stereocenters. The van der Waals surface area contributed by atoms with E-state index < -0.39 is 0 Å². The standard InChI is InChI=1S/C7H13N5S/c1-11(3-6(8)13)4-7-9-5-10-12(7)2/h5H,3-4H2,1-2H3,(H2,8,13). The number of aromatic nitrogens is 3. The minimum Gasteiger partial charge on any atom is -0.392 e. The lowest BCUT2D eigenvalue weighted by Gasteiger charge is -2.14. The van der Waals surface area contributed by atoms with Gasteiger partial charge in [-0.1, -0.05) is 12.2 Å². The highest BCUT2D eigenvalue weighted by atomic mass is 32.1. The molecule has 0 aromatic carbocycles. The zero-order valence-corrected chi connectivity index (χ0v) is 8.58. The van der Waals surface area contributed by atoms with E-state index in [4.69, 9.17) is 18.0 Å². The molecule has 0 fully saturated rings. The smallest absolute Gasteiger partial charge is 0.140 e. The SMILES string of the molecule is CN(CC(N)=S)Cc1ncnn1C. The van der Waals surface area contributed by atoms with Gasteiger partial charge in [0.15, 0.2) is 0 Å². The lowest BCUT2D eigenvalue weighted by Crippen LogP contribution is -2.29. The van der Waals surface area contributed by atoms with E-state index >= 15 is 0 Å². The van der Waals surface area contributed by atoms with Crippen LogP contribution in [-0.4, -0.2) is 38.2 Å². The first-order chi connectivity index (χ1) is 6.09. The fraction of sp³-hybridized carbons (Fsp3) is 0.571. The molecule has 0 aliphatic heterocycles. The third-order valence-corrected chi connectivity index (χ3v) is 1.77. The second kappa shape index (κ2) is 4.29. The molecule has 72 valence electrons. The van der Waals surface area contributed by atoms with Crippen LogP contribution in [0.1, 0.15) is 5.82 Å². The predicted octanol–water partition coefficient (Wildman–Crippen LogP) is -0.467.